The molecule has 6 heterocycles. The highest BCUT2D eigenvalue weighted by atomic mass is 32.1. The monoisotopic (exact) mass is 1080 g/mol. The van der Waals surface area contributed by atoms with Crippen molar-refractivity contribution in [1.82, 2.24) is 24.1 Å². The Hall–Kier alpha value is -10.9. The molecule has 7 nitrogen and oxygen atoms in total. The van der Waals surface area contributed by atoms with Gasteiger partial charge in [0.2, 0.25) is 0 Å². The van der Waals surface area contributed by atoms with Crippen LogP contribution in [0.4, 0.5) is 0 Å². The molecule has 83 heavy (non-hydrogen) atoms. The van der Waals surface area contributed by atoms with Crippen molar-refractivity contribution >= 4 is 119 Å². The van der Waals surface area contributed by atoms with Crippen LogP contribution in [-0.4, -0.2) is 24.1 Å². The highest BCUT2D eigenvalue weighted by Crippen LogP contribution is 2.44. The molecule has 6 aromatic heterocycles. The Morgan fingerprint density at radius 1 is 0.265 bits per heavy atom. The Morgan fingerprint density at radius 2 is 0.795 bits per heavy atom. The molecular formula is C75H43N5O2S. The third kappa shape index (κ3) is 7.13. The summed E-state index contributed by atoms with van der Waals surface area (Å²) in [6, 6.07) is 92.7. The Bertz CT molecular complexity index is 5660. The van der Waals surface area contributed by atoms with E-state index in [0.717, 1.165) is 94.1 Å². The van der Waals surface area contributed by atoms with Gasteiger partial charge < -0.3 is 18.0 Å². The van der Waals surface area contributed by atoms with Gasteiger partial charge in [-0.2, -0.15) is 0 Å². The Balaban J connectivity index is 0.717. The summed E-state index contributed by atoms with van der Waals surface area (Å²) in [5.41, 5.74) is 17.2. The highest BCUT2D eigenvalue weighted by Gasteiger charge is 2.22. The standard InChI is InChI=1S/C75H43N5O2S/c1-3-14-44(15-4-1)73-76-74(49-27-32-55-56-34-31-51(43-69(56)82-68(55)41-49)80-62-22-10-7-18-52(62)53-19-8-11-23-63(53)80)78-75(77-73)58-21-13-25-67-72(58)61-40-46(29-36-66(61)81-67)47-30-37-70-60(39-47)57-33-26-48(42-71(57)83-70)45-28-35-65-59(38-45)54-20-9-12-24-64(54)79(65)50-16-5-2-6-17-50/h1-43H. The highest BCUT2D eigenvalue weighted by molar-refractivity contribution is 7.25. The first-order valence-electron chi connectivity index (χ1n) is 27.9. The molecule has 0 aliphatic heterocycles. The first-order chi connectivity index (χ1) is 41.1. The maximum Gasteiger partial charge on any atom is 0.164 e. The number of nitrogens with zero attached hydrogens (tertiary/aromatic N) is 5. The second-order valence-corrected chi connectivity index (χ2v) is 22.6. The Labute approximate surface area is 477 Å². The summed E-state index contributed by atoms with van der Waals surface area (Å²) in [7, 11) is 0. The average Bonchev–Trinajstić information content (AvgIpc) is 4.14. The van der Waals surface area contributed by atoms with Crippen molar-refractivity contribution in [3.63, 3.8) is 0 Å². The maximum atomic E-state index is 6.75. The number of hydrogen-bond acceptors (Lipinski definition) is 6. The van der Waals surface area contributed by atoms with Gasteiger partial charge in [-0.1, -0.05) is 152 Å². The molecule has 0 fully saturated rings. The van der Waals surface area contributed by atoms with Gasteiger partial charge in [0.15, 0.2) is 17.5 Å². The first kappa shape index (κ1) is 45.9. The molecule has 18 aromatic rings. The Morgan fingerprint density at radius 3 is 1.55 bits per heavy atom. The minimum Gasteiger partial charge on any atom is -0.456 e. The van der Waals surface area contributed by atoms with Crippen LogP contribution in [0.25, 0.3) is 175 Å². The fourth-order valence-corrected chi connectivity index (χ4v) is 14.0. The van der Waals surface area contributed by atoms with E-state index in [1.807, 2.05) is 53.8 Å². The fourth-order valence-electron chi connectivity index (χ4n) is 12.9. The molecule has 0 unspecified atom stereocenters. The summed E-state index contributed by atoms with van der Waals surface area (Å²) in [5, 5.41) is 11.4. The third-order valence-corrected chi connectivity index (χ3v) is 17.9. The molecule has 0 saturated carbocycles. The van der Waals surface area contributed by atoms with Crippen molar-refractivity contribution in [3.05, 3.63) is 261 Å². The van der Waals surface area contributed by atoms with E-state index in [1.54, 1.807) is 0 Å². The molecule has 0 bridgehead atoms. The van der Waals surface area contributed by atoms with E-state index in [9.17, 15) is 0 Å². The van der Waals surface area contributed by atoms with E-state index < -0.39 is 0 Å². The van der Waals surface area contributed by atoms with E-state index in [4.69, 9.17) is 23.8 Å². The van der Waals surface area contributed by atoms with Crippen molar-refractivity contribution < 1.29 is 8.83 Å². The van der Waals surface area contributed by atoms with Gasteiger partial charge in [-0.25, -0.2) is 15.0 Å². The molecule has 18 rings (SSSR count). The lowest BCUT2D eigenvalue weighted by Crippen LogP contribution is -2.00. The zero-order chi connectivity index (χ0) is 54.3. The van der Waals surface area contributed by atoms with Crippen LogP contribution in [0.2, 0.25) is 0 Å². The van der Waals surface area contributed by atoms with Gasteiger partial charge in [0, 0.05) is 97.4 Å². The number of benzene rings is 12. The zero-order valence-corrected chi connectivity index (χ0v) is 45.1. The molecule has 0 aliphatic rings. The largest absolute Gasteiger partial charge is 0.456 e. The number of furan rings is 2. The molecule has 0 saturated heterocycles. The summed E-state index contributed by atoms with van der Waals surface area (Å²) >= 11 is 1.84. The van der Waals surface area contributed by atoms with Crippen molar-refractivity contribution in [1.29, 1.82) is 0 Å². The predicted molar refractivity (Wildman–Crippen MR) is 343 cm³/mol. The van der Waals surface area contributed by atoms with Gasteiger partial charge in [-0.15, -0.1) is 11.3 Å². The van der Waals surface area contributed by atoms with Crippen LogP contribution < -0.4 is 0 Å². The van der Waals surface area contributed by atoms with Crippen molar-refractivity contribution in [2.24, 2.45) is 0 Å². The zero-order valence-electron chi connectivity index (χ0n) is 44.3. The van der Waals surface area contributed by atoms with Gasteiger partial charge in [0.25, 0.3) is 0 Å². The summed E-state index contributed by atoms with van der Waals surface area (Å²) in [6.45, 7) is 0. The van der Waals surface area contributed by atoms with E-state index in [1.165, 1.54) is 63.9 Å². The van der Waals surface area contributed by atoms with Crippen LogP contribution >= 0.6 is 11.3 Å². The lowest BCUT2D eigenvalue weighted by atomic mass is 9.98. The van der Waals surface area contributed by atoms with Gasteiger partial charge in [0.1, 0.15) is 22.3 Å². The van der Waals surface area contributed by atoms with Crippen LogP contribution in [-0.2, 0) is 0 Å². The molecule has 0 radical (unpaired) electrons. The van der Waals surface area contributed by atoms with Crippen LogP contribution in [0.5, 0.6) is 0 Å². The van der Waals surface area contributed by atoms with E-state index in [-0.39, 0.29) is 0 Å². The molecule has 0 amide bonds. The van der Waals surface area contributed by atoms with E-state index >= 15 is 0 Å². The van der Waals surface area contributed by atoms with Crippen LogP contribution in [0.3, 0.4) is 0 Å². The topological polar surface area (TPSA) is 74.8 Å². The average molecular weight is 1080 g/mol. The third-order valence-electron chi connectivity index (χ3n) is 16.8. The fraction of sp³-hybridized carbons (Fsp3) is 0. The molecule has 0 spiro atoms. The summed E-state index contributed by atoms with van der Waals surface area (Å²) < 4.78 is 20.6. The molecular weight excluding hydrogens is 1030 g/mol. The smallest absolute Gasteiger partial charge is 0.164 e. The Kier molecular flexibility index (Phi) is 9.83. The van der Waals surface area contributed by atoms with E-state index in [2.05, 4.69) is 228 Å². The van der Waals surface area contributed by atoms with Gasteiger partial charge in [-0.3, -0.25) is 0 Å². The number of hydrogen-bond donors (Lipinski definition) is 0. The number of fused-ring (bicyclic) bond motifs is 15. The van der Waals surface area contributed by atoms with Crippen LogP contribution in [0.15, 0.2) is 270 Å². The molecule has 12 aromatic carbocycles. The number of rotatable bonds is 7. The molecule has 0 aliphatic carbocycles. The van der Waals surface area contributed by atoms with Crippen molar-refractivity contribution in [2.45, 2.75) is 0 Å². The summed E-state index contributed by atoms with van der Waals surface area (Å²) in [6.07, 6.45) is 0. The SMILES string of the molecule is c1ccc(-c2nc(-c3ccc4c(c3)oc3cc(-n5c6ccccc6c6ccccc65)ccc34)nc(-c3cccc4oc5ccc(-c6ccc7sc8cc(-c9ccc%10c(c9)c9ccccc9n%10-c9ccccc9)ccc8c7c6)cc5c34)n2)cc1. The number of thiophene rings is 1. The normalized spacial score (nSPS) is 12.1. The summed E-state index contributed by atoms with van der Waals surface area (Å²) in [4.78, 5) is 15.7. The van der Waals surface area contributed by atoms with E-state index in [0.29, 0.717) is 17.5 Å². The quantitative estimate of drug-likeness (QED) is 0.159. The predicted octanol–water partition coefficient (Wildman–Crippen LogP) is 20.6. The molecule has 0 N–H and O–H groups in total. The maximum absolute atomic E-state index is 6.75. The molecule has 386 valence electrons. The minimum absolute atomic E-state index is 0.546. The second kappa shape index (κ2) is 17.8. The summed E-state index contributed by atoms with van der Waals surface area (Å²) in [5.74, 6) is 1.68. The van der Waals surface area contributed by atoms with Crippen LogP contribution in [0, 0.1) is 0 Å². The second-order valence-electron chi connectivity index (χ2n) is 21.5. The van der Waals surface area contributed by atoms with Crippen molar-refractivity contribution in [3.8, 4) is 67.8 Å². The minimum atomic E-state index is 0.546. The van der Waals surface area contributed by atoms with Gasteiger partial charge in [-0.05, 0) is 125 Å². The lowest BCUT2D eigenvalue weighted by Gasteiger charge is -2.09. The lowest BCUT2D eigenvalue weighted by molar-refractivity contribution is 0.668. The van der Waals surface area contributed by atoms with Gasteiger partial charge >= 0.3 is 0 Å². The first-order valence-corrected chi connectivity index (χ1v) is 28.7. The molecule has 0 atom stereocenters. The van der Waals surface area contributed by atoms with Crippen molar-refractivity contribution in [2.75, 3.05) is 0 Å². The van der Waals surface area contributed by atoms with Gasteiger partial charge in [0.05, 0.1) is 22.1 Å². The number of para-hydroxylation sites is 4. The van der Waals surface area contributed by atoms with Crippen LogP contribution in [0.1, 0.15) is 0 Å². The number of aromatic nitrogens is 5. The molecule has 8 heteroatoms.